The van der Waals surface area contributed by atoms with Crippen LogP contribution in [0.2, 0.25) is 0 Å². The highest BCUT2D eigenvalue weighted by Gasteiger charge is 2.39. The van der Waals surface area contributed by atoms with E-state index in [-0.39, 0.29) is 0 Å². The van der Waals surface area contributed by atoms with Crippen molar-refractivity contribution in [1.82, 2.24) is 10.2 Å². The molecule has 1 aliphatic carbocycles. The van der Waals surface area contributed by atoms with E-state index in [1.54, 1.807) is 0 Å². The summed E-state index contributed by atoms with van der Waals surface area (Å²) in [4.78, 5) is 2.27. The van der Waals surface area contributed by atoms with Gasteiger partial charge in [0, 0.05) is 25.6 Å². The van der Waals surface area contributed by atoms with Gasteiger partial charge in [0.25, 0.3) is 0 Å². The zero-order valence-electron chi connectivity index (χ0n) is 8.72. The summed E-state index contributed by atoms with van der Waals surface area (Å²) in [5.41, 5.74) is 5.44. The summed E-state index contributed by atoms with van der Waals surface area (Å²) >= 11 is 0. The predicted molar refractivity (Wildman–Crippen MR) is 55.5 cm³/mol. The highest BCUT2D eigenvalue weighted by molar-refractivity contribution is 5.31. The van der Waals surface area contributed by atoms with Crippen LogP contribution in [0.4, 0.5) is 6.01 Å². The van der Waals surface area contributed by atoms with Crippen molar-refractivity contribution in [3.05, 3.63) is 5.89 Å². The number of nitrogens with zero attached hydrogens (tertiary/aromatic N) is 3. The molecule has 2 fully saturated rings. The van der Waals surface area contributed by atoms with Crippen LogP contribution in [0.3, 0.4) is 0 Å². The van der Waals surface area contributed by atoms with Crippen LogP contribution in [0.15, 0.2) is 4.42 Å². The maximum absolute atomic E-state index is 5.58. The number of rotatable bonds is 3. The molecule has 2 aliphatic rings. The van der Waals surface area contributed by atoms with Gasteiger partial charge in [0.05, 0.1) is 0 Å². The first kappa shape index (κ1) is 9.15. The summed E-state index contributed by atoms with van der Waals surface area (Å²) in [7, 11) is 0. The fourth-order valence-electron chi connectivity index (χ4n) is 2.74. The number of hydrogen-bond acceptors (Lipinski definition) is 5. The molecule has 0 aromatic carbocycles. The summed E-state index contributed by atoms with van der Waals surface area (Å²) in [6, 6.07) is 1.34. The molecule has 2 heterocycles. The molecule has 1 aromatic heterocycles. The predicted octanol–water partition coefficient (Wildman–Crippen LogP) is 0.559. The van der Waals surface area contributed by atoms with Gasteiger partial charge < -0.3 is 15.1 Å². The Hall–Kier alpha value is -1.10. The molecular weight excluding hydrogens is 192 g/mol. The Bertz CT molecular complexity index is 351. The zero-order chi connectivity index (χ0) is 10.3. The lowest BCUT2D eigenvalue weighted by atomic mass is 10.1. The summed E-state index contributed by atoms with van der Waals surface area (Å²) in [6.45, 7) is 1.66. The van der Waals surface area contributed by atoms with Gasteiger partial charge in [-0.3, -0.25) is 0 Å². The highest BCUT2D eigenvalue weighted by atomic mass is 16.4. The quantitative estimate of drug-likeness (QED) is 0.786. The second-order valence-electron chi connectivity index (χ2n) is 4.50. The van der Waals surface area contributed by atoms with Crippen molar-refractivity contribution in [3.8, 4) is 0 Å². The molecule has 0 amide bonds. The van der Waals surface area contributed by atoms with Crippen molar-refractivity contribution < 1.29 is 4.42 Å². The fourth-order valence-corrected chi connectivity index (χ4v) is 2.74. The van der Waals surface area contributed by atoms with E-state index < -0.39 is 0 Å². The lowest BCUT2D eigenvalue weighted by Crippen LogP contribution is -2.32. The van der Waals surface area contributed by atoms with Gasteiger partial charge in [-0.15, -0.1) is 5.10 Å². The molecule has 15 heavy (non-hydrogen) atoms. The molecular formula is C10H16N4O. The zero-order valence-corrected chi connectivity index (χ0v) is 8.72. The maximum atomic E-state index is 5.58. The van der Waals surface area contributed by atoms with E-state index in [0.717, 1.165) is 12.5 Å². The summed E-state index contributed by atoms with van der Waals surface area (Å²) < 4.78 is 5.58. The van der Waals surface area contributed by atoms with Crippen molar-refractivity contribution in [2.45, 2.75) is 31.7 Å². The van der Waals surface area contributed by atoms with Crippen molar-refractivity contribution in [3.63, 3.8) is 0 Å². The lowest BCUT2D eigenvalue weighted by molar-refractivity contribution is 0.457. The molecule has 2 N–H and O–H groups in total. The number of fused-ring (bicyclic) bond motifs is 2. The largest absolute Gasteiger partial charge is 0.408 e. The first-order valence-corrected chi connectivity index (χ1v) is 5.66. The summed E-state index contributed by atoms with van der Waals surface area (Å²) in [5.74, 6) is 1.51. The number of nitrogens with two attached hydrogens (primary N) is 1. The average Bonchev–Trinajstić information content (AvgIpc) is 2.91. The van der Waals surface area contributed by atoms with Gasteiger partial charge >= 0.3 is 6.01 Å². The summed E-state index contributed by atoms with van der Waals surface area (Å²) in [5, 5.41) is 8.09. The minimum Gasteiger partial charge on any atom is -0.408 e. The Labute approximate surface area is 88.6 Å². The molecule has 3 rings (SSSR count). The maximum Gasteiger partial charge on any atom is 0.318 e. The van der Waals surface area contributed by atoms with E-state index >= 15 is 0 Å². The van der Waals surface area contributed by atoms with E-state index in [1.807, 2.05) is 0 Å². The van der Waals surface area contributed by atoms with Crippen LogP contribution in [0.1, 0.15) is 25.2 Å². The Balaban J connectivity index is 1.75. The first-order chi connectivity index (χ1) is 7.36. The Morgan fingerprint density at radius 1 is 1.40 bits per heavy atom. The van der Waals surface area contributed by atoms with Crippen LogP contribution in [0.5, 0.6) is 0 Å². The van der Waals surface area contributed by atoms with Gasteiger partial charge in [0.2, 0.25) is 5.89 Å². The van der Waals surface area contributed by atoms with Gasteiger partial charge in [-0.2, -0.15) is 0 Å². The van der Waals surface area contributed by atoms with Gasteiger partial charge in [-0.05, 0) is 25.2 Å². The van der Waals surface area contributed by atoms with Crippen LogP contribution in [-0.2, 0) is 6.42 Å². The second-order valence-corrected chi connectivity index (χ2v) is 4.50. The SMILES string of the molecule is NCCc1nnc(N2CC3CCC2C3)o1. The van der Waals surface area contributed by atoms with E-state index in [1.165, 1.54) is 19.3 Å². The smallest absolute Gasteiger partial charge is 0.318 e. The Morgan fingerprint density at radius 3 is 3.00 bits per heavy atom. The molecule has 1 saturated carbocycles. The van der Waals surface area contributed by atoms with Crippen molar-refractivity contribution >= 4 is 6.01 Å². The van der Waals surface area contributed by atoms with E-state index in [4.69, 9.17) is 10.2 Å². The van der Waals surface area contributed by atoms with Crippen LogP contribution < -0.4 is 10.6 Å². The second kappa shape index (κ2) is 3.48. The van der Waals surface area contributed by atoms with Gasteiger partial charge in [-0.25, -0.2) is 0 Å². The minimum atomic E-state index is 0.563. The number of anilines is 1. The highest BCUT2D eigenvalue weighted by Crippen LogP contribution is 2.39. The van der Waals surface area contributed by atoms with Crippen molar-refractivity contribution in [1.29, 1.82) is 0 Å². The Morgan fingerprint density at radius 2 is 2.33 bits per heavy atom. The average molecular weight is 208 g/mol. The van der Waals surface area contributed by atoms with Crippen LogP contribution in [0.25, 0.3) is 0 Å². The van der Waals surface area contributed by atoms with Crippen molar-refractivity contribution in [2.24, 2.45) is 11.7 Å². The molecule has 2 atom stereocenters. The molecule has 0 radical (unpaired) electrons. The number of piperidine rings is 1. The molecule has 1 aliphatic heterocycles. The topological polar surface area (TPSA) is 68.2 Å². The molecule has 2 bridgehead atoms. The normalized spacial score (nSPS) is 29.0. The van der Waals surface area contributed by atoms with Gasteiger partial charge in [-0.1, -0.05) is 5.10 Å². The van der Waals surface area contributed by atoms with Crippen LogP contribution in [0, 0.1) is 5.92 Å². The van der Waals surface area contributed by atoms with Crippen LogP contribution in [-0.4, -0.2) is 29.3 Å². The monoisotopic (exact) mass is 208 g/mol. The number of aromatic nitrogens is 2. The third kappa shape index (κ3) is 1.51. The standard InChI is InChI=1S/C10H16N4O/c11-4-3-9-12-13-10(15-9)14-6-7-1-2-8(14)5-7/h7-8H,1-6,11H2. The van der Waals surface area contributed by atoms with Gasteiger partial charge in [0.15, 0.2) is 0 Å². The van der Waals surface area contributed by atoms with Crippen LogP contribution >= 0.6 is 0 Å². The minimum absolute atomic E-state index is 0.563. The van der Waals surface area contributed by atoms with Crippen molar-refractivity contribution in [2.75, 3.05) is 18.0 Å². The van der Waals surface area contributed by atoms with E-state index in [0.29, 0.717) is 30.9 Å². The molecule has 1 saturated heterocycles. The third-order valence-corrected chi connectivity index (χ3v) is 3.47. The lowest BCUT2D eigenvalue weighted by Gasteiger charge is -2.24. The third-order valence-electron chi connectivity index (χ3n) is 3.47. The summed E-state index contributed by atoms with van der Waals surface area (Å²) in [6.07, 6.45) is 4.62. The molecule has 2 unspecified atom stereocenters. The molecule has 82 valence electrons. The van der Waals surface area contributed by atoms with Gasteiger partial charge in [0.1, 0.15) is 0 Å². The molecule has 5 heteroatoms. The first-order valence-electron chi connectivity index (χ1n) is 5.66. The Kier molecular flexibility index (Phi) is 2.12. The van der Waals surface area contributed by atoms with E-state index in [9.17, 15) is 0 Å². The molecule has 1 aromatic rings. The number of hydrogen-bond donors (Lipinski definition) is 1. The fraction of sp³-hybridized carbons (Fsp3) is 0.800. The van der Waals surface area contributed by atoms with E-state index in [2.05, 4.69) is 15.1 Å². The molecule has 5 nitrogen and oxygen atoms in total. The molecule has 0 spiro atoms.